The van der Waals surface area contributed by atoms with Crippen molar-refractivity contribution < 1.29 is 39.4 Å². The number of aliphatic hydroxyl groups is 4. The van der Waals surface area contributed by atoms with Gasteiger partial charge in [0.2, 0.25) is 11.9 Å². The van der Waals surface area contributed by atoms with Gasteiger partial charge in [0, 0.05) is 27.1 Å². The number of imidazole rings is 2. The van der Waals surface area contributed by atoms with Crippen LogP contribution in [0.3, 0.4) is 0 Å². The molecule has 0 amide bonds. The molecule has 2 aliphatic rings. The number of carbonyl (C=O) groups is 1. The number of nitrogens with zero attached hydrogens (tertiary/aromatic N) is 8. The fourth-order valence-electron chi connectivity index (χ4n) is 8.98. The summed E-state index contributed by atoms with van der Waals surface area (Å²) < 4.78 is 25.7. The Balaban J connectivity index is 0.000000225. The number of esters is 1. The number of hydrogen-bond donors (Lipinski definition) is 6. The van der Waals surface area contributed by atoms with Crippen LogP contribution < -0.4 is 42.6 Å². The van der Waals surface area contributed by atoms with Gasteiger partial charge in [-0.2, -0.15) is 9.97 Å². The lowest BCUT2D eigenvalue weighted by Crippen LogP contribution is -2.41. The third kappa shape index (κ3) is 11.8. The van der Waals surface area contributed by atoms with Gasteiger partial charge in [0.25, 0.3) is 11.1 Å². The van der Waals surface area contributed by atoms with E-state index in [0.717, 1.165) is 62.0 Å². The number of aliphatic hydroxyl groups excluding tert-OH is 4. The number of fused-ring (bicyclic) bond motifs is 2. The van der Waals surface area contributed by atoms with Gasteiger partial charge >= 0.3 is 17.3 Å². The molecule has 2 saturated carbocycles. The van der Waals surface area contributed by atoms with Crippen molar-refractivity contribution >= 4 is 72.1 Å². The van der Waals surface area contributed by atoms with Crippen molar-refractivity contribution in [2.45, 2.75) is 123 Å². The van der Waals surface area contributed by atoms with Crippen molar-refractivity contribution in [2.24, 2.45) is 0 Å². The van der Waals surface area contributed by atoms with Crippen LogP contribution in [-0.4, -0.2) is 123 Å². The summed E-state index contributed by atoms with van der Waals surface area (Å²) in [4.78, 5) is 73.5. The number of ether oxygens (including phenoxy) is 3. The molecule has 6 N–H and O–H groups in total. The summed E-state index contributed by atoms with van der Waals surface area (Å²) in [7, 11) is 4.17. The molecule has 0 spiro atoms. The van der Waals surface area contributed by atoms with E-state index in [2.05, 4.69) is 52.5 Å². The smallest absolute Gasteiger partial charge is 0.332 e. The Labute approximate surface area is 424 Å². The SMILES string of the molecule is CCn1c(=O)c2c(nc(N[C@@H]3CCC[C@H]3O)n2Cc2ccc(OC)c(Br)c2)n(CCO)c1=O.CCn1c(=O)c2c(nc(N[C@@H]3CCC[C@H]3O)n2Cc2ccc(OC)c(Br)c2)n(CCOC(C)=O)c1=O.CO. The number of aromatic nitrogens is 8. The predicted octanol–water partition coefficient (Wildman–Crippen LogP) is 3.21. The summed E-state index contributed by atoms with van der Waals surface area (Å²) in [5.41, 5.74) is 0.771. The molecule has 0 bridgehead atoms. The molecule has 0 unspecified atom stereocenters. The molecular weight excluding hydrogens is 1060 g/mol. The summed E-state index contributed by atoms with van der Waals surface area (Å²) in [5.74, 6) is 1.69. The number of carbonyl (C=O) groups excluding carboxylic acids is 1. The van der Waals surface area contributed by atoms with E-state index in [1.54, 1.807) is 37.2 Å². The fourth-order valence-corrected chi connectivity index (χ4v) is 10.2. The van der Waals surface area contributed by atoms with Crippen LogP contribution in [0, 0.1) is 0 Å². The normalized spacial score (nSPS) is 17.4. The monoisotopic (exact) mass is 1120 g/mol. The van der Waals surface area contributed by atoms with E-state index in [9.17, 15) is 39.3 Å². The molecule has 2 aliphatic carbocycles. The summed E-state index contributed by atoms with van der Waals surface area (Å²) in [6, 6.07) is 10.8. The zero-order valence-electron chi connectivity index (χ0n) is 40.6. The molecule has 24 heteroatoms. The number of benzene rings is 2. The average Bonchev–Trinajstić information content (AvgIpc) is 4.13. The van der Waals surface area contributed by atoms with Gasteiger partial charge < -0.3 is 45.3 Å². The van der Waals surface area contributed by atoms with E-state index in [-0.39, 0.29) is 80.3 Å². The zero-order valence-corrected chi connectivity index (χ0v) is 43.7. The third-order valence-electron chi connectivity index (χ3n) is 12.5. The first-order valence-electron chi connectivity index (χ1n) is 23.3. The Bertz CT molecular complexity index is 3090. The Hall–Kier alpha value is -5.79. The van der Waals surface area contributed by atoms with Gasteiger partial charge in [-0.15, -0.1) is 0 Å². The molecule has 71 heavy (non-hydrogen) atoms. The zero-order chi connectivity index (χ0) is 51.7. The molecule has 4 heterocycles. The van der Waals surface area contributed by atoms with Gasteiger partial charge in [-0.1, -0.05) is 12.1 Å². The van der Waals surface area contributed by atoms with Crippen LogP contribution in [0.4, 0.5) is 11.9 Å². The van der Waals surface area contributed by atoms with Crippen molar-refractivity contribution in [1.29, 1.82) is 0 Å². The highest BCUT2D eigenvalue weighted by atomic mass is 79.9. The molecule has 6 aromatic rings. The fraction of sp³-hybridized carbons (Fsp3) is 0.511. The van der Waals surface area contributed by atoms with Crippen LogP contribution in [0.15, 0.2) is 64.5 Å². The van der Waals surface area contributed by atoms with Gasteiger partial charge in [0.05, 0.1) is 80.2 Å². The van der Waals surface area contributed by atoms with E-state index < -0.39 is 40.7 Å². The molecular formula is C47H62Br2N10O12. The number of nitrogens with one attached hydrogen (secondary N) is 2. The maximum Gasteiger partial charge on any atom is 0.332 e. The first kappa shape index (κ1) is 54.5. The molecule has 0 saturated heterocycles. The van der Waals surface area contributed by atoms with E-state index in [1.807, 2.05) is 36.4 Å². The number of halogens is 2. The van der Waals surface area contributed by atoms with E-state index in [1.165, 1.54) is 16.1 Å². The Morgan fingerprint density at radius 3 is 1.44 bits per heavy atom. The third-order valence-corrected chi connectivity index (χ3v) is 13.7. The number of methoxy groups -OCH3 is 2. The maximum atomic E-state index is 13.5. The highest BCUT2D eigenvalue weighted by Gasteiger charge is 2.30. The molecule has 22 nitrogen and oxygen atoms in total. The van der Waals surface area contributed by atoms with E-state index in [4.69, 9.17) is 19.3 Å². The number of hydrogen-bond acceptors (Lipinski definition) is 16. The quantitative estimate of drug-likeness (QED) is 0.0716. The molecule has 4 aromatic heterocycles. The van der Waals surface area contributed by atoms with Crippen molar-refractivity contribution in [1.82, 2.24) is 37.4 Å². The first-order chi connectivity index (χ1) is 34.1. The molecule has 0 radical (unpaired) electrons. The summed E-state index contributed by atoms with van der Waals surface area (Å²) >= 11 is 7.01. The van der Waals surface area contributed by atoms with E-state index >= 15 is 0 Å². The van der Waals surface area contributed by atoms with Gasteiger partial charge in [-0.05, 0) is 120 Å². The van der Waals surface area contributed by atoms with Gasteiger partial charge in [0.15, 0.2) is 22.3 Å². The van der Waals surface area contributed by atoms with Crippen LogP contribution in [0.25, 0.3) is 22.3 Å². The standard InChI is InChI=1S/C24H30BrN5O6.C22H28BrN5O5.CH4O/c1-4-28-22(33)20-21(29(24(28)34)10-11-36-14(2)31)27-23(26-17-6-5-7-18(17)32)30(20)13-15-8-9-19(35-3)16(25)12-15;1-3-26-20(31)18-19(27(9-10-29)22(26)32)25-21(24-15-5-4-6-16(15)30)28(18)12-13-7-8-17(33-2)14(23)11-13;1-2/h8-9,12,17-18,32H,4-7,10-11,13H2,1-3H3,(H,26,27);7-8,11,15-16,29-30H,3-6,9-10,12H2,1-2H3,(H,24,25);2H,1H3/t17-,18-;15-,16-;/m11./s1. The van der Waals surface area contributed by atoms with Gasteiger partial charge in [-0.3, -0.25) is 41.8 Å². The van der Waals surface area contributed by atoms with Gasteiger partial charge in [0.1, 0.15) is 18.1 Å². The molecule has 386 valence electrons. The van der Waals surface area contributed by atoms with Gasteiger partial charge in [-0.25, -0.2) is 9.59 Å². The minimum absolute atomic E-state index is 0.0200. The highest BCUT2D eigenvalue weighted by molar-refractivity contribution is 9.11. The minimum atomic E-state index is -0.535. The van der Waals surface area contributed by atoms with E-state index in [0.29, 0.717) is 42.8 Å². The first-order valence-corrected chi connectivity index (χ1v) is 24.9. The molecule has 8 rings (SSSR count). The Morgan fingerprint density at radius 2 is 1.10 bits per heavy atom. The second-order valence-electron chi connectivity index (χ2n) is 16.9. The van der Waals surface area contributed by atoms with Crippen molar-refractivity contribution in [3.63, 3.8) is 0 Å². The van der Waals surface area contributed by atoms with Crippen molar-refractivity contribution in [3.05, 3.63) is 98.1 Å². The predicted molar refractivity (Wildman–Crippen MR) is 274 cm³/mol. The lowest BCUT2D eigenvalue weighted by Gasteiger charge is -2.18. The average molecular weight is 1120 g/mol. The second-order valence-corrected chi connectivity index (χ2v) is 18.6. The molecule has 2 aromatic carbocycles. The maximum absolute atomic E-state index is 13.5. The second kappa shape index (κ2) is 24.6. The lowest BCUT2D eigenvalue weighted by atomic mass is 10.2. The lowest BCUT2D eigenvalue weighted by molar-refractivity contribution is -0.141. The Morgan fingerprint density at radius 1 is 0.676 bits per heavy atom. The van der Waals surface area contributed by atoms with Crippen LogP contribution in [0.2, 0.25) is 0 Å². The molecule has 4 atom stereocenters. The number of anilines is 2. The van der Waals surface area contributed by atoms with Crippen LogP contribution in [-0.2, 0) is 48.8 Å². The molecule has 2 fully saturated rings. The number of rotatable bonds is 17. The molecule has 0 aliphatic heterocycles. The summed E-state index contributed by atoms with van der Waals surface area (Å²) in [5, 5.41) is 43.9. The topological polar surface area (TPSA) is 273 Å². The summed E-state index contributed by atoms with van der Waals surface area (Å²) in [6.07, 6.45) is 3.63. The largest absolute Gasteiger partial charge is 0.496 e. The van der Waals surface area contributed by atoms with Crippen LogP contribution >= 0.6 is 31.9 Å². The highest BCUT2D eigenvalue weighted by Crippen LogP contribution is 2.31. The Kier molecular flexibility index (Phi) is 18.9. The minimum Gasteiger partial charge on any atom is -0.496 e. The van der Waals surface area contributed by atoms with Crippen molar-refractivity contribution in [2.75, 3.05) is 45.2 Å². The summed E-state index contributed by atoms with van der Waals surface area (Å²) in [6.45, 7) is 5.47. The van der Waals surface area contributed by atoms with Crippen LogP contribution in [0.5, 0.6) is 11.5 Å². The van der Waals surface area contributed by atoms with Crippen LogP contribution in [0.1, 0.15) is 70.4 Å². The van der Waals surface area contributed by atoms with Crippen molar-refractivity contribution in [3.8, 4) is 11.5 Å².